The Balaban J connectivity index is 1.12. The molecule has 1 unspecified atom stereocenters. The van der Waals surface area contributed by atoms with Gasteiger partial charge in [0, 0.05) is 30.1 Å². The molecule has 1 saturated heterocycles. The molecule has 3 fully saturated rings. The van der Waals surface area contributed by atoms with E-state index in [1.165, 1.54) is 10.6 Å². The summed E-state index contributed by atoms with van der Waals surface area (Å²) in [5, 5.41) is 3.78. The lowest BCUT2D eigenvalue weighted by Gasteiger charge is -2.57. The molecule has 5 rings (SSSR count). The molecule has 0 bridgehead atoms. The first-order chi connectivity index (χ1) is 13.7. The van der Waals surface area contributed by atoms with Crippen LogP contribution in [0.15, 0.2) is 22.6 Å². The molecule has 3 aliphatic rings. The number of aromatic nitrogens is 1. The standard InChI is InChI=1S/C20H24ClN3O4S/c1-29(26,27)24-5-4-12(11-24)18(25)22-15-9-20(10-15)7-13(8-20)19-23-16-6-14(21)2-3-17(16)28-19/h2-3,6,12-13,15H,4-5,7-11H2,1H3,(H,22,25). The SMILES string of the molecule is CS(=O)(=O)N1CCC(C(=O)NC2CC3(C2)CC(c2nc4cc(Cl)ccc4o2)C3)C1. The molecule has 2 aromatic rings. The van der Waals surface area contributed by atoms with E-state index in [1.54, 1.807) is 6.07 Å². The number of carbonyl (C=O) groups excluding carboxylic acids is 1. The van der Waals surface area contributed by atoms with Crippen LogP contribution in [0.5, 0.6) is 0 Å². The third-order valence-electron chi connectivity index (χ3n) is 6.77. The third-order valence-corrected chi connectivity index (χ3v) is 8.27. The Kier molecular flexibility index (Phi) is 4.46. The van der Waals surface area contributed by atoms with Crippen LogP contribution in [0, 0.1) is 11.3 Å². The van der Waals surface area contributed by atoms with Gasteiger partial charge in [-0.25, -0.2) is 17.7 Å². The molecule has 1 amide bonds. The minimum Gasteiger partial charge on any atom is -0.440 e. The van der Waals surface area contributed by atoms with Crippen LogP contribution < -0.4 is 5.32 Å². The van der Waals surface area contributed by atoms with Gasteiger partial charge in [-0.05, 0) is 55.7 Å². The Morgan fingerprint density at radius 1 is 1.31 bits per heavy atom. The predicted molar refractivity (Wildman–Crippen MR) is 109 cm³/mol. The number of rotatable bonds is 4. The molecule has 7 nitrogen and oxygen atoms in total. The number of halogens is 1. The summed E-state index contributed by atoms with van der Waals surface area (Å²) in [7, 11) is -3.22. The number of sulfonamides is 1. The van der Waals surface area contributed by atoms with E-state index in [-0.39, 0.29) is 23.3 Å². The van der Waals surface area contributed by atoms with Gasteiger partial charge >= 0.3 is 0 Å². The van der Waals surface area contributed by atoms with Crippen molar-refractivity contribution in [2.45, 2.75) is 44.1 Å². The smallest absolute Gasteiger partial charge is 0.224 e. The largest absolute Gasteiger partial charge is 0.440 e. The topological polar surface area (TPSA) is 92.5 Å². The number of benzene rings is 1. The molecule has 2 aliphatic carbocycles. The van der Waals surface area contributed by atoms with Gasteiger partial charge < -0.3 is 9.73 Å². The van der Waals surface area contributed by atoms with Crippen LogP contribution in [0.3, 0.4) is 0 Å². The van der Waals surface area contributed by atoms with Crippen LogP contribution in [-0.2, 0) is 14.8 Å². The van der Waals surface area contributed by atoms with Gasteiger partial charge in [0.05, 0.1) is 12.2 Å². The van der Waals surface area contributed by atoms with Crippen molar-refractivity contribution in [3.63, 3.8) is 0 Å². The molecule has 9 heteroatoms. The van der Waals surface area contributed by atoms with Gasteiger partial charge in [0.1, 0.15) is 5.52 Å². The molecule has 29 heavy (non-hydrogen) atoms. The number of fused-ring (bicyclic) bond motifs is 1. The summed E-state index contributed by atoms with van der Waals surface area (Å²) in [6.45, 7) is 0.731. The average Bonchev–Trinajstić information content (AvgIpc) is 3.21. The summed E-state index contributed by atoms with van der Waals surface area (Å²) in [4.78, 5) is 17.1. The summed E-state index contributed by atoms with van der Waals surface area (Å²) >= 11 is 6.02. The third kappa shape index (κ3) is 3.55. The van der Waals surface area contributed by atoms with Gasteiger partial charge in [0.25, 0.3) is 0 Å². The van der Waals surface area contributed by atoms with Crippen molar-refractivity contribution in [2.75, 3.05) is 19.3 Å². The van der Waals surface area contributed by atoms with Gasteiger partial charge in [-0.15, -0.1) is 0 Å². The zero-order chi connectivity index (χ0) is 20.4. The first-order valence-electron chi connectivity index (χ1n) is 10.0. The maximum atomic E-state index is 12.5. The quantitative estimate of drug-likeness (QED) is 0.793. The molecular formula is C20H24ClN3O4S. The lowest BCUT2D eigenvalue weighted by molar-refractivity contribution is -0.128. The van der Waals surface area contributed by atoms with Gasteiger partial charge in [0.2, 0.25) is 15.9 Å². The summed E-state index contributed by atoms with van der Waals surface area (Å²) in [6.07, 6.45) is 5.81. The number of oxazole rings is 1. The van der Waals surface area contributed by atoms with Crippen molar-refractivity contribution in [3.05, 3.63) is 29.1 Å². The molecule has 156 valence electrons. The fourth-order valence-electron chi connectivity index (χ4n) is 5.24. The van der Waals surface area contributed by atoms with Crippen molar-refractivity contribution >= 4 is 38.6 Å². The molecule has 0 radical (unpaired) electrons. The molecule has 2 saturated carbocycles. The van der Waals surface area contributed by atoms with Crippen LogP contribution in [0.4, 0.5) is 0 Å². The Hall–Kier alpha value is -1.64. The van der Waals surface area contributed by atoms with Crippen LogP contribution >= 0.6 is 11.6 Å². The zero-order valence-corrected chi connectivity index (χ0v) is 17.8. The van der Waals surface area contributed by atoms with E-state index in [4.69, 9.17) is 16.0 Å². The zero-order valence-electron chi connectivity index (χ0n) is 16.2. The minimum absolute atomic E-state index is 0.0114. The summed E-state index contributed by atoms with van der Waals surface area (Å²) in [6, 6.07) is 5.67. The van der Waals surface area contributed by atoms with E-state index in [2.05, 4.69) is 10.3 Å². The molecular weight excluding hydrogens is 414 g/mol. The van der Waals surface area contributed by atoms with E-state index in [9.17, 15) is 13.2 Å². The van der Waals surface area contributed by atoms with Gasteiger partial charge in [0.15, 0.2) is 11.5 Å². The van der Waals surface area contributed by atoms with Crippen LogP contribution in [0.1, 0.15) is 43.9 Å². The molecule has 1 N–H and O–H groups in total. The van der Waals surface area contributed by atoms with Gasteiger partial charge in [-0.3, -0.25) is 4.79 Å². The number of hydrogen-bond donors (Lipinski definition) is 1. The van der Waals surface area contributed by atoms with E-state index >= 15 is 0 Å². The van der Waals surface area contributed by atoms with Crippen LogP contribution in [0.2, 0.25) is 5.02 Å². The van der Waals surface area contributed by atoms with Crippen molar-refractivity contribution in [1.29, 1.82) is 0 Å². The molecule has 1 aromatic carbocycles. The fraction of sp³-hybridized carbons (Fsp3) is 0.600. The number of nitrogens with one attached hydrogen (secondary N) is 1. The highest BCUT2D eigenvalue weighted by Crippen LogP contribution is 2.61. The minimum atomic E-state index is -3.22. The van der Waals surface area contributed by atoms with E-state index < -0.39 is 10.0 Å². The summed E-state index contributed by atoms with van der Waals surface area (Å²) < 4.78 is 30.5. The average molecular weight is 438 g/mol. The summed E-state index contributed by atoms with van der Waals surface area (Å²) in [5.74, 6) is 0.868. The van der Waals surface area contributed by atoms with E-state index in [0.29, 0.717) is 30.5 Å². The van der Waals surface area contributed by atoms with Crippen LogP contribution in [0.25, 0.3) is 11.1 Å². The predicted octanol–water partition coefficient (Wildman–Crippen LogP) is 2.91. The molecule has 1 spiro atoms. The second-order valence-corrected chi connectivity index (χ2v) is 11.4. The Morgan fingerprint density at radius 2 is 2.07 bits per heavy atom. The second kappa shape index (κ2) is 6.68. The highest BCUT2D eigenvalue weighted by Gasteiger charge is 2.55. The lowest BCUT2D eigenvalue weighted by atomic mass is 9.50. The van der Waals surface area contributed by atoms with E-state index in [0.717, 1.165) is 42.7 Å². The lowest BCUT2D eigenvalue weighted by Crippen LogP contribution is -2.56. The van der Waals surface area contributed by atoms with Crippen molar-refractivity contribution in [3.8, 4) is 0 Å². The monoisotopic (exact) mass is 437 g/mol. The van der Waals surface area contributed by atoms with Crippen LogP contribution in [-0.4, -0.2) is 49.0 Å². The van der Waals surface area contributed by atoms with Gasteiger partial charge in [-0.2, -0.15) is 0 Å². The molecule has 1 aromatic heterocycles. The Morgan fingerprint density at radius 3 is 2.76 bits per heavy atom. The van der Waals surface area contributed by atoms with Crippen molar-refractivity contribution in [1.82, 2.24) is 14.6 Å². The number of amides is 1. The number of nitrogens with zero attached hydrogens (tertiary/aromatic N) is 2. The van der Waals surface area contributed by atoms with Gasteiger partial charge in [-0.1, -0.05) is 11.6 Å². The maximum absolute atomic E-state index is 12.5. The number of hydrogen-bond acceptors (Lipinski definition) is 5. The van der Waals surface area contributed by atoms with Crippen molar-refractivity contribution < 1.29 is 17.6 Å². The first-order valence-corrected chi connectivity index (χ1v) is 12.2. The van der Waals surface area contributed by atoms with Crippen molar-refractivity contribution in [2.24, 2.45) is 11.3 Å². The Labute approximate surface area is 174 Å². The summed E-state index contributed by atoms with van der Waals surface area (Å²) in [5.41, 5.74) is 1.85. The molecule has 1 atom stereocenters. The molecule has 1 aliphatic heterocycles. The second-order valence-electron chi connectivity index (χ2n) is 8.99. The first kappa shape index (κ1) is 19.3. The molecule has 2 heterocycles. The highest BCUT2D eigenvalue weighted by molar-refractivity contribution is 7.88. The normalized spacial score (nSPS) is 32.3. The van der Waals surface area contributed by atoms with E-state index in [1.807, 2.05) is 12.1 Å². The maximum Gasteiger partial charge on any atom is 0.224 e. The highest BCUT2D eigenvalue weighted by atomic mass is 35.5. The number of carbonyl (C=O) groups is 1. The Bertz CT molecular complexity index is 1070. The fourth-order valence-corrected chi connectivity index (χ4v) is 6.29.